The molecular formula is C17H26N2O3. The average molecular weight is 306 g/mol. The Morgan fingerprint density at radius 3 is 3.14 bits per heavy atom. The van der Waals surface area contributed by atoms with Crippen molar-refractivity contribution < 1.29 is 14.2 Å². The summed E-state index contributed by atoms with van der Waals surface area (Å²) < 4.78 is 17.6. The van der Waals surface area contributed by atoms with Crippen molar-refractivity contribution in [2.45, 2.75) is 44.6 Å². The Morgan fingerprint density at radius 2 is 2.32 bits per heavy atom. The van der Waals surface area contributed by atoms with Crippen molar-refractivity contribution in [3.05, 3.63) is 30.1 Å². The lowest BCUT2D eigenvalue weighted by molar-refractivity contribution is -0.119. The van der Waals surface area contributed by atoms with Crippen LogP contribution in [0.5, 0.6) is 0 Å². The standard InChI is InChI=1S/C17H26N2O3/c1-2-20-11-9-19-10-12-21-17-15(19)6-7-16(17)22-13-14-5-3-4-8-18-14/h3-5,8,15-17H,2,6-7,9-13H2,1H3/t15-,16+,17+/m0/s1. The summed E-state index contributed by atoms with van der Waals surface area (Å²) in [5, 5.41) is 0. The summed E-state index contributed by atoms with van der Waals surface area (Å²) in [5.41, 5.74) is 0.981. The second-order valence-electron chi connectivity index (χ2n) is 5.88. The van der Waals surface area contributed by atoms with Gasteiger partial charge in [0.1, 0.15) is 0 Å². The van der Waals surface area contributed by atoms with Crippen LogP contribution in [0.4, 0.5) is 0 Å². The molecule has 3 rings (SSSR count). The van der Waals surface area contributed by atoms with Crippen LogP contribution in [0, 0.1) is 0 Å². The number of ether oxygens (including phenoxy) is 3. The Morgan fingerprint density at radius 1 is 1.36 bits per heavy atom. The van der Waals surface area contributed by atoms with Crippen LogP contribution in [0.25, 0.3) is 0 Å². The molecule has 3 atom stereocenters. The monoisotopic (exact) mass is 306 g/mol. The average Bonchev–Trinajstić information content (AvgIpc) is 2.98. The number of hydrogen-bond donors (Lipinski definition) is 0. The van der Waals surface area contributed by atoms with Gasteiger partial charge >= 0.3 is 0 Å². The second-order valence-corrected chi connectivity index (χ2v) is 5.88. The maximum atomic E-state index is 6.09. The van der Waals surface area contributed by atoms with Crippen molar-refractivity contribution in [3.63, 3.8) is 0 Å². The molecule has 1 aliphatic carbocycles. The maximum Gasteiger partial charge on any atom is 0.0992 e. The van der Waals surface area contributed by atoms with Crippen LogP contribution in [-0.4, -0.2) is 61.0 Å². The molecule has 0 radical (unpaired) electrons. The molecule has 122 valence electrons. The predicted molar refractivity (Wildman–Crippen MR) is 83.6 cm³/mol. The molecular weight excluding hydrogens is 280 g/mol. The summed E-state index contributed by atoms with van der Waals surface area (Å²) >= 11 is 0. The third kappa shape index (κ3) is 3.84. The van der Waals surface area contributed by atoms with E-state index in [0.717, 1.165) is 51.4 Å². The molecule has 1 saturated heterocycles. The van der Waals surface area contributed by atoms with E-state index in [1.54, 1.807) is 0 Å². The van der Waals surface area contributed by atoms with E-state index >= 15 is 0 Å². The molecule has 2 heterocycles. The Balaban J connectivity index is 1.51. The fourth-order valence-electron chi connectivity index (χ4n) is 3.45. The van der Waals surface area contributed by atoms with Crippen LogP contribution in [0.2, 0.25) is 0 Å². The molecule has 22 heavy (non-hydrogen) atoms. The first-order valence-electron chi connectivity index (χ1n) is 8.33. The third-order valence-electron chi connectivity index (χ3n) is 4.55. The van der Waals surface area contributed by atoms with Crippen LogP contribution < -0.4 is 0 Å². The van der Waals surface area contributed by atoms with Crippen molar-refractivity contribution in [3.8, 4) is 0 Å². The topological polar surface area (TPSA) is 43.8 Å². The second kappa shape index (κ2) is 8.02. The predicted octanol–water partition coefficient (Wildman–Crippen LogP) is 1.87. The van der Waals surface area contributed by atoms with E-state index in [4.69, 9.17) is 14.2 Å². The molecule has 0 spiro atoms. The van der Waals surface area contributed by atoms with Gasteiger partial charge in [0.05, 0.1) is 37.7 Å². The first-order chi connectivity index (χ1) is 10.9. The summed E-state index contributed by atoms with van der Waals surface area (Å²) in [6.45, 7) is 6.98. The Bertz CT molecular complexity index is 443. The normalized spacial score (nSPS) is 28.7. The highest BCUT2D eigenvalue weighted by atomic mass is 16.5. The van der Waals surface area contributed by atoms with E-state index in [1.165, 1.54) is 0 Å². The molecule has 0 amide bonds. The Kier molecular flexibility index (Phi) is 5.78. The molecule has 0 aromatic carbocycles. The van der Waals surface area contributed by atoms with Gasteiger partial charge in [-0.15, -0.1) is 0 Å². The van der Waals surface area contributed by atoms with Crippen LogP contribution in [0.3, 0.4) is 0 Å². The smallest absolute Gasteiger partial charge is 0.0992 e. The SMILES string of the molecule is CCOCCN1CCO[C@H]2[C@H](OCc3ccccn3)CC[C@@H]21. The summed E-state index contributed by atoms with van der Waals surface area (Å²) in [7, 11) is 0. The highest BCUT2D eigenvalue weighted by Crippen LogP contribution is 2.32. The van der Waals surface area contributed by atoms with E-state index in [1.807, 2.05) is 31.3 Å². The third-order valence-corrected chi connectivity index (χ3v) is 4.55. The lowest BCUT2D eigenvalue weighted by atomic mass is 10.1. The summed E-state index contributed by atoms with van der Waals surface area (Å²) in [6.07, 6.45) is 4.39. The van der Waals surface area contributed by atoms with E-state index in [-0.39, 0.29) is 12.2 Å². The summed E-state index contributed by atoms with van der Waals surface area (Å²) in [6, 6.07) is 6.40. The van der Waals surface area contributed by atoms with Gasteiger partial charge in [-0.3, -0.25) is 9.88 Å². The van der Waals surface area contributed by atoms with Gasteiger partial charge in [0.2, 0.25) is 0 Å². The van der Waals surface area contributed by atoms with E-state index in [0.29, 0.717) is 12.6 Å². The minimum Gasteiger partial charge on any atom is -0.380 e. The Hall–Kier alpha value is -1.01. The van der Waals surface area contributed by atoms with Gasteiger partial charge in [0, 0.05) is 31.9 Å². The van der Waals surface area contributed by atoms with Crippen LogP contribution in [0.1, 0.15) is 25.5 Å². The lowest BCUT2D eigenvalue weighted by Crippen LogP contribution is -2.52. The number of rotatable bonds is 7. The number of nitrogens with zero attached hydrogens (tertiary/aromatic N) is 2. The van der Waals surface area contributed by atoms with Crippen LogP contribution >= 0.6 is 0 Å². The van der Waals surface area contributed by atoms with Crippen LogP contribution in [0.15, 0.2) is 24.4 Å². The van der Waals surface area contributed by atoms with Gasteiger partial charge in [-0.1, -0.05) is 6.07 Å². The fourth-order valence-corrected chi connectivity index (χ4v) is 3.45. The van der Waals surface area contributed by atoms with Crippen molar-refractivity contribution in [2.75, 3.05) is 32.9 Å². The number of aromatic nitrogens is 1. The van der Waals surface area contributed by atoms with Gasteiger partial charge in [-0.2, -0.15) is 0 Å². The summed E-state index contributed by atoms with van der Waals surface area (Å²) in [4.78, 5) is 6.82. The highest BCUT2D eigenvalue weighted by Gasteiger charge is 2.43. The van der Waals surface area contributed by atoms with Gasteiger partial charge in [0.15, 0.2) is 0 Å². The molecule has 0 unspecified atom stereocenters. The highest BCUT2D eigenvalue weighted by molar-refractivity contribution is 5.02. The van der Waals surface area contributed by atoms with Crippen molar-refractivity contribution in [2.24, 2.45) is 0 Å². The van der Waals surface area contributed by atoms with Crippen LogP contribution in [-0.2, 0) is 20.8 Å². The molecule has 5 nitrogen and oxygen atoms in total. The van der Waals surface area contributed by atoms with E-state index in [2.05, 4.69) is 9.88 Å². The number of hydrogen-bond acceptors (Lipinski definition) is 5. The quantitative estimate of drug-likeness (QED) is 0.720. The molecule has 0 N–H and O–H groups in total. The lowest BCUT2D eigenvalue weighted by Gasteiger charge is -2.39. The molecule has 5 heteroatoms. The van der Waals surface area contributed by atoms with Crippen molar-refractivity contribution >= 4 is 0 Å². The first kappa shape index (κ1) is 15.9. The van der Waals surface area contributed by atoms with E-state index in [9.17, 15) is 0 Å². The molecule has 0 bridgehead atoms. The molecule has 1 saturated carbocycles. The Labute approximate surface area is 132 Å². The maximum absolute atomic E-state index is 6.09. The fraction of sp³-hybridized carbons (Fsp3) is 0.706. The molecule has 1 aromatic rings. The van der Waals surface area contributed by atoms with Crippen molar-refractivity contribution in [1.29, 1.82) is 0 Å². The zero-order valence-electron chi connectivity index (χ0n) is 13.3. The number of pyridine rings is 1. The molecule has 1 aromatic heterocycles. The van der Waals surface area contributed by atoms with E-state index < -0.39 is 0 Å². The first-order valence-corrected chi connectivity index (χ1v) is 8.33. The molecule has 1 aliphatic heterocycles. The minimum absolute atomic E-state index is 0.182. The molecule has 2 aliphatic rings. The van der Waals surface area contributed by atoms with Gasteiger partial charge < -0.3 is 14.2 Å². The van der Waals surface area contributed by atoms with Gasteiger partial charge in [-0.25, -0.2) is 0 Å². The minimum atomic E-state index is 0.182. The zero-order valence-corrected chi connectivity index (χ0v) is 13.3. The van der Waals surface area contributed by atoms with Crippen molar-refractivity contribution in [1.82, 2.24) is 9.88 Å². The van der Waals surface area contributed by atoms with Gasteiger partial charge in [0.25, 0.3) is 0 Å². The van der Waals surface area contributed by atoms with Gasteiger partial charge in [-0.05, 0) is 31.9 Å². The number of fused-ring (bicyclic) bond motifs is 1. The number of morpholine rings is 1. The zero-order chi connectivity index (χ0) is 15.2. The summed E-state index contributed by atoms with van der Waals surface area (Å²) in [5.74, 6) is 0. The largest absolute Gasteiger partial charge is 0.380 e. The molecule has 2 fully saturated rings.